The molecule has 0 spiro atoms. The summed E-state index contributed by atoms with van der Waals surface area (Å²) >= 11 is 0. The van der Waals surface area contributed by atoms with Crippen LogP contribution in [-0.4, -0.2) is 45.7 Å². The van der Waals surface area contributed by atoms with E-state index in [1.807, 2.05) is 29.6 Å². The van der Waals surface area contributed by atoms with Crippen molar-refractivity contribution >= 4 is 11.6 Å². The van der Waals surface area contributed by atoms with E-state index in [1.165, 1.54) is 0 Å². The van der Waals surface area contributed by atoms with Crippen molar-refractivity contribution in [2.45, 2.75) is 33.2 Å². The number of nitrogens with zero attached hydrogens (tertiary/aromatic N) is 4. The lowest BCUT2D eigenvalue weighted by Gasteiger charge is -2.20. The maximum atomic E-state index is 4.45. The fourth-order valence-corrected chi connectivity index (χ4v) is 1.90. The van der Waals surface area contributed by atoms with E-state index in [4.69, 9.17) is 0 Å². The highest BCUT2D eigenvalue weighted by Gasteiger charge is 2.05. The van der Waals surface area contributed by atoms with Crippen LogP contribution in [0, 0.1) is 6.92 Å². The largest absolute Gasteiger partial charge is 0.353 e. The number of pyridine rings is 1. The minimum Gasteiger partial charge on any atom is -0.353 e. The molecule has 2 heterocycles. The van der Waals surface area contributed by atoms with Crippen molar-refractivity contribution in [3.8, 4) is 0 Å². The van der Waals surface area contributed by atoms with Crippen molar-refractivity contribution in [1.29, 1.82) is 0 Å². The first-order valence-corrected chi connectivity index (χ1v) is 6.84. The monoisotopic (exact) mass is 261 g/mol. The molecule has 2 aromatic heterocycles. The van der Waals surface area contributed by atoms with E-state index in [2.05, 4.69) is 41.2 Å². The number of aromatic nitrogens is 3. The summed E-state index contributed by atoms with van der Waals surface area (Å²) in [6, 6.07) is 6.59. The number of fused-ring (bicyclic) bond motifs is 1. The molecular weight excluding hydrogens is 238 g/mol. The zero-order valence-corrected chi connectivity index (χ0v) is 12.2. The molecular formula is C14H23N5. The van der Waals surface area contributed by atoms with Crippen molar-refractivity contribution in [2.75, 3.05) is 25.5 Å². The van der Waals surface area contributed by atoms with Crippen LogP contribution in [0.25, 0.3) is 5.65 Å². The van der Waals surface area contributed by atoms with Gasteiger partial charge in [-0.15, -0.1) is 5.10 Å². The number of hydrogen-bond acceptors (Lipinski definition) is 4. The molecule has 2 rings (SSSR count). The van der Waals surface area contributed by atoms with Crippen LogP contribution in [0.1, 0.15) is 26.0 Å². The Morgan fingerprint density at radius 1 is 1.37 bits per heavy atom. The third kappa shape index (κ3) is 3.44. The SMILES string of the molecule is Cc1cccc2nc(NCCCN(C)C(C)C)nn12. The van der Waals surface area contributed by atoms with Gasteiger partial charge in [-0.1, -0.05) is 6.07 Å². The average molecular weight is 261 g/mol. The Morgan fingerprint density at radius 3 is 2.84 bits per heavy atom. The summed E-state index contributed by atoms with van der Waals surface area (Å²) < 4.78 is 1.86. The fraction of sp³-hybridized carbons (Fsp3) is 0.571. The van der Waals surface area contributed by atoms with Crippen molar-refractivity contribution < 1.29 is 0 Å². The third-order valence-corrected chi connectivity index (χ3v) is 3.40. The van der Waals surface area contributed by atoms with Crippen molar-refractivity contribution in [3.05, 3.63) is 23.9 Å². The molecule has 0 unspecified atom stereocenters. The Hall–Kier alpha value is -1.62. The highest BCUT2D eigenvalue weighted by molar-refractivity contribution is 5.44. The van der Waals surface area contributed by atoms with E-state index in [-0.39, 0.29) is 0 Å². The van der Waals surface area contributed by atoms with Crippen molar-refractivity contribution in [3.63, 3.8) is 0 Å². The second-order valence-corrected chi connectivity index (χ2v) is 5.23. The Morgan fingerprint density at radius 2 is 2.16 bits per heavy atom. The molecule has 5 nitrogen and oxygen atoms in total. The number of rotatable bonds is 6. The smallest absolute Gasteiger partial charge is 0.243 e. The molecule has 0 saturated heterocycles. The summed E-state index contributed by atoms with van der Waals surface area (Å²) in [4.78, 5) is 6.79. The van der Waals surface area contributed by atoms with Gasteiger partial charge < -0.3 is 10.2 Å². The first-order valence-electron chi connectivity index (χ1n) is 6.84. The molecule has 0 amide bonds. The van der Waals surface area contributed by atoms with Crippen molar-refractivity contribution in [1.82, 2.24) is 19.5 Å². The third-order valence-electron chi connectivity index (χ3n) is 3.40. The highest BCUT2D eigenvalue weighted by Crippen LogP contribution is 2.07. The zero-order chi connectivity index (χ0) is 13.8. The fourth-order valence-electron chi connectivity index (χ4n) is 1.90. The van der Waals surface area contributed by atoms with E-state index >= 15 is 0 Å². The van der Waals surface area contributed by atoms with Gasteiger partial charge in [0.25, 0.3) is 0 Å². The molecule has 104 valence electrons. The minimum absolute atomic E-state index is 0.593. The summed E-state index contributed by atoms with van der Waals surface area (Å²) in [7, 11) is 2.15. The molecule has 0 bridgehead atoms. The Bertz CT molecular complexity index is 532. The van der Waals surface area contributed by atoms with Crippen LogP contribution in [0.4, 0.5) is 5.95 Å². The molecule has 0 fully saturated rings. The van der Waals surface area contributed by atoms with Gasteiger partial charge in [-0.25, -0.2) is 4.52 Å². The molecule has 0 atom stereocenters. The van der Waals surface area contributed by atoms with Gasteiger partial charge in [-0.3, -0.25) is 0 Å². The molecule has 0 saturated carbocycles. The Kier molecular flexibility index (Phi) is 4.37. The quantitative estimate of drug-likeness (QED) is 0.810. The topological polar surface area (TPSA) is 45.5 Å². The first kappa shape index (κ1) is 13.8. The standard InChI is InChI=1S/C14H23N5/c1-11(2)18(4)10-6-9-15-14-16-13-8-5-7-12(3)19(13)17-14/h5,7-8,11H,6,9-10H2,1-4H3,(H,15,17). The Balaban J connectivity index is 1.87. The van der Waals surface area contributed by atoms with Crippen molar-refractivity contribution in [2.24, 2.45) is 0 Å². The highest BCUT2D eigenvalue weighted by atomic mass is 15.3. The van der Waals surface area contributed by atoms with Crippen LogP contribution in [-0.2, 0) is 0 Å². The predicted molar refractivity (Wildman–Crippen MR) is 78.6 cm³/mol. The molecule has 0 aliphatic rings. The zero-order valence-electron chi connectivity index (χ0n) is 12.2. The number of aryl methyl sites for hydroxylation is 1. The van der Waals surface area contributed by atoms with E-state index in [0.29, 0.717) is 12.0 Å². The molecule has 0 radical (unpaired) electrons. The van der Waals surface area contributed by atoms with Gasteiger partial charge in [0.15, 0.2) is 5.65 Å². The lowest BCUT2D eigenvalue weighted by Crippen LogP contribution is -2.28. The van der Waals surface area contributed by atoms with Crippen LogP contribution in [0.3, 0.4) is 0 Å². The molecule has 5 heteroatoms. The summed E-state index contributed by atoms with van der Waals surface area (Å²) in [6.45, 7) is 8.42. The predicted octanol–water partition coefficient (Wildman–Crippen LogP) is 2.18. The molecule has 19 heavy (non-hydrogen) atoms. The van der Waals surface area contributed by atoms with Gasteiger partial charge in [0.2, 0.25) is 5.95 Å². The number of nitrogens with one attached hydrogen (secondary N) is 1. The van der Waals surface area contributed by atoms with E-state index in [1.54, 1.807) is 0 Å². The summed E-state index contributed by atoms with van der Waals surface area (Å²) in [5.74, 6) is 0.710. The van der Waals surface area contributed by atoms with Gasteiger partial charge in [0.05, 0.1) is 0 Å². The normalized spacial score (nSPS) is 11.7. The summed E-state index contributed by atoms with van der Waals surface area (Å²) in [5.41, 5.74) is 1.99. The molecule has 0 aliphatic heterocycles. The number of anilines is 1. The maximum Gasteiger partial charge on any atom is 0.243 e. The molecule has 2 aromatic rings. The first-order chi connectivity index (χ1) is 9.08. The van der Waals surface area contributed by atoms with Crippen LogP contribution in [0.5, 0.6) is 0 Å². The number of hydrogen-bond donors (Lipinski definition) is 1. The van der Waals surface area contributed by atoms with E-state index in [0.717, 1.165) is 30.9 Å². The second-order valence-electron chi connectivity index (χ2n) is 5.23. The second kappa shape index (κ2) is 6.02. The Labute approximate surface area is 114 Å². The van der Waals surface area contributed by atoms with Gasteiger partial charge in [-0.05, 0) is 52.9 Å². The molecule has 1 N–H and O–H groups in total. The van der Waals surface area contributed by atoms with E-state index < -0.39 is 0 Å². The molecule has 0 aliphatic carbocycles. The lowest BCUT2D eigenvalue weighted by molar-refractivity contribution is 0.273. The average Bonchev–Trinajstić information content (AvgIpc) is 2.78. The van der Waals surface area contributed by atoms with Crippen LogP contribution in [0.15, 0.2) is 18.2 Å². The summed E-state index contributed by atoms with van der Waals surface area (Å²) in [5, 5.41) is 7.73. The van der Waals surface area contributed by atoms with Gasteiger partial charge >= 0.3 is 0 Å². The summed E-state index contributed by atoms with van der Waals surface area (Å²) in [6.07, 6.45) is 1.09. The molecule has 0 aromatic carbocycles. The van der Waals surface area contributed by atoms with Gasteiger partial charge in [-0.2, -0.15) is 4.98 Å². The van der Waals surface area contributed by atoms with Crippen LogP contribution < -0.4 is 5.32 Å². The van der Waals surface area contributed by atoms with E-state index in [9.17, 15) is 0 Å². The van der Waals surface area contributed by atoms with Gasteiger partial charge in [0.1, 0.15) is 0 Å². The maximum absolute atomic E-state index is 4.45. The van der Waals surface area contributed by atoms with Gasteiger partial charge in [0, 0.05) is 18.3 Å². The minimum atomic E-state index is 0.593. The van der Waals surface area contributed by atoms with Crippen LogP contribution in [0.2, 0.25) is 0 Å². The van der Waals surface area contributed by atoms with Crippen LogP contribution >= 0.6 is 0 Å². The lowest BCUT2D eigenvalue weighted by atomic mass is 10.3.